The van der Waals surface area contributed by atoms with Gasteiger partial charge < -0.3 is 10.4 Å². The van der Waals surface area contributed by atoms with Crippen molar-refractivity contribution in [3.63, 3.8) is 0 Å². The summed E-state index contributed by atoms with van der Waals surface area (Å²) in [4.78, 5) is 0. The molecule has 0 amide bonds. The quantitative estimate of drug-likeness (QED) is 0.863. The lowest BCUT2D eigenvalue weighted by atomic mass is 9.92. The van der Waals surface area contributed by atoms with Gasteiger partial charge in [0.05, 0.1) is 0 Å². The van der Waals surface area contributed by atoms with Crippen LogP contribution in [-0.4, -0.2) is 18.8 Å². The van der Waals surface area contributed by atoms with E-state index in [1.165, 1.54) is 5.56 Å². The third-order valence-electron chi connectivity index (χ3n) is 2.75. The Hall–Kier alpha value is -0.380. The molecule has 0 bridgehead atoms. The van der Waals surface area contributed by atoms with Crippen LogP contribution in [0, 0.1) is 5.92 Å². The average Bonchev–Trinajstić information content (AvgIpc) is 2.25. The van der Waals surface area contributed by atoms with Crippen molar-refractivity contribution in [2.24, 2.45) is 5.92 Å². The maximum atomic E-state index is 9.31. The number of hydrogen-bond donors (Lipinski definition) is 2. The number of halogens is 1. The van der Waals surface area contributed by atoms with E-state index >= 15 is 0 Å². The zero-order valence-electron chi connectivity index (χ0n) is 9.20. The Labute approximate surface area is 99.8 Å². The minimum Gasteiger partial charge on any atom is -0.396 e. The lowest BCUT2D eigenvalue weighted by molar-refractivity contribution is 0.189. The first-order valence-electron chi connectivity index (χ1n) is 5.26. The minimum atomic E-state index is 0.217. The minimum absolute atomic E-state index is 0.217. The summed E-state index contributed by atoms with van der Waals surface area (Å²) >= 11 is 3.46. The molecule has 2 atom stereocenters. The zero-order valence-corrected chi connectivity index (χ0v) is 10.8. The van der Waals surface area contributed by atoms with Gasteiger partial charge in [0, 0.05) is 23.0 Å². The molecule has 1 aromatic carbocycles. The van der Waals surface area contributed by atoms with Gasteiger partial charge in [-0.15, -0.1) is 0 Å². The van der Waals surface area contributed by atoms with E-state index in [9.17, 15) is 5.11 Å². The maximum Gasteiger partial charge on any atom is 0.0477 e. The van der Waals surface area contributed by atoms with Crippen LogP contribution in [0.25, 0.3) is 0 Å². The van der Waals surface area contributed by atoms with Crippen LogP contribution in [0.3, 0.4) is 0 Å². The summed E-state index contributed by atoms with van der Waals surface area (Å²) in [6, 6.07) is 8.44. The number of rotatable bonds is 5. The summed E-state index contributed by atoms with van der Waals surface area (Å²) in [5.41, 5.74) is 1.22. The standard InChI is InChI=1S/C12H18BrNO/c1-3-9(8-15)12(14-2)10-5-4-6-11(13)7-10/h4-7,9,12,14-15H,3,8H2,1-2H3. The molecule has 3 heteroatoms. The van der Waals surface area contributed by atoms with Crippen LogP contribution in [0.1, 0.15) is 24.9 Å². The molecule has 0 aliphatic heterocycles. The monoisotopic (exact) mass is 271 g/mol. The molecule has 0 heterocycles. The molecule has 0 aromatic heterocycles. The van der Waals surface area contributed by atoms with Gasteiger partial charge >= 0.3 is 0 Å². The van der Waals surface area contributed by atoms with E-state index in [1.807, 2.05) is 19.2 Å². The predicted molar refractivity (Wildman–Crippen MR) is 66.8 cm³/mol. The summed E-state index contributed by atoms with van der Waals surface area (Å²) < 4.78 is 1.08. The number of aliphatic hydroxyl groups excluding tert-OH is 1. The molecule has 1 rings (SSSR count). The molecule has 0 saturated heterocycles. The van der Waals surface area contributed by atoms with Crippen LogP contribution < -0.4 is 5.32 Å². The second-order valence-corrected chi connectivity index (χ2v) is 4.59. The highest BCUT2D eigenvalue weighted by molar-refractivity contribution is 9.10. The van der Waals surface area contributed by atoms with Crippen LogP contribution in [0.2, 0.25) is 0 Å². The molecule has 0 radical (unpaired) electrons. The molecule has 0 aliphatic rings. The van der Waals surface area contributed by atoms with Crippen molar-refractivity contribution in [2.45, 2.75) is 19.4 Å². The average molecular weight is 272 g/mol. The van der Waals surface area contributed by atoms with Crippen molar-refractivity contribution >= 4 is 15.9 Å². The Kier molecular flexibility index (Phi) is 5.29. The van der Waals surface area contributed by atoms with Crippen molar-refractivity contribution in [3.8, 4) is 0 Å². The fraction of sp³-hybridized carbons (Fsp3) is 0.500. The summed E-state index contributed by atoms with van der Waals surface area (Å²) in [6.45, 7) is 2.32. The first-order chi connectivity index (χ1) is 7.22. The smallest absolute Gasteiger partial charge is 0.0477 e. The molecule has 2 nitrogen and oxygen atoms in total. The van der Waals surface area contributed by atoms with Gasteiger partial charge in [0.15, 0.2) is 0 Å². The van der Waals surface area contributed by atoms with Crippen molar-refractivity contribution in [1.82, 2.24) is 5.32 Å². The van der Waals surface area contributed by atoms with Crippen LogP contribution in [0.5, 0.6) is 0 Å². The molecule has 0 fully saturated rings. The van der Waals surface area contributed by atoms with Crippen molar-refractivity contribution < 1.29 is 5.11 Å². The van der Waals surface area contributed by atoms with Gasteiger partial charge in [-0.3, -0.25) is 0 Å². The first-order valence-corrected chi connectivity index (χ1v) is 6.05. The normalized spacial score (nSPS) is 14.9. The number of aliphatic hydroxyl groups is 1. The fourth-order valence-corrected chi connectivity index (χ4v) is 2.26. The van der Waals surface area contributed by atoms with Crippen molar-refractivity contribution in [1.29, 1.82) is 0 Å². The SMILES string of the molecule is CCC(CO)C(NC)c1cccc(Br)c1. The van der Waals surface area contributed by atoms with E-state index in [0.29, 0.717) is 0 Å². The van der Waals surface area contributed by atoms with Gasteiger partial charge in [-0.1, -0.05) is 35.0 Å². The second kappa shape index (κ2) is 6.26. The first kappa shape index (κ1) is 12.7. The van der Waals surface area contributed by atoms with Gasteiger partial charge in [0.25, 0.3) is 0 Å². The number of hydrogen-bond acceptors (Lipinski definition) is 2. The summed E-state index contributed by atoms with van der Waals surface area (Å²) in [5, 5.41) is 12.6. The molecular formula is C12H18BrNO. The fourth-order valence-electron chi connectivity index (χ4n) is 1.84. The molecule has 2 N–H and O–H groups in total. The molecule has 2 unspecified atom stereocenters. The largest absolute Gasteiger partial charge is 0.396 e. The summed E-state index contributed by atoms with van der Waals surface area (Å²) in [7, 11) is 1.93. The Bertz CT molecular complexity index is 299. The third kappa shape index (κ3) is 3.30. The topological polar surface area (TPSA) is 32.3 Å². The molecule has 15 heavy (non-hydrogen) atoms. The van der Waals surface area contributed by atoms with Gasteiger partial charge in [0.2, 0.25) is 0 Å². The summed E-state index contributed by atoms with van der Waals surface area (Å²) in [6.07, 6.45) is 0.967. The molecular weight excluding hydrogens is 254 g/mol. The van der Waals surface area contributed by atoms with Crippen molar-refractivity contribution in [2.75, 3.05) is 13.7 Å². The van der Waals surface area contributed by atoms with Crippen LogP contribution >= 0.6 is 15.9 Å². The Morgan fingerprint density at radius 3 is 2.67 bits per heavy atom. The van der Waals surface area contributed by atoms with Gasteiger partial charge in [-0.25, -0.2) is 0 Å². The van der Waals surface area contributed by atoms with E-state index in [-0.39, 0.29) is 18.6 Å². The van der Waals surface area contributed by atoms with Crippen LogP contribution in [0.15, 0.2) is 28.7 Å². The maximum absolute atomic E-state index is 9.31. The van der Waals surface area contributed by atoms with E-state index in [4.69, 9.17) is 0 Å². The van der Waals surface area contributed by atoms with E-state index in [2.05, 4.69) is 40.3 Å². The third-order valence-corrected chi connectivity index (χ3v) is 3.24. The van der Waals surface area contributed by atoms with Gasteiger partial charge in [-0.05, 0) is 31.2 Å². The molecule has 84 valence electrons. The van der Waals surface area contributed by atoms with E-state index in [1.54, 1.807) is 0 Å². The van der Waals surface area contributed by atoms with Crippen molar-refractivity contribution in [3.05, 3.63) is 34.3 Å². The lowest BCUT2D eigenvalue weighted by Crippen LogP contribution is -2.27. The van der Waals surface area contributed by atoms with Gasteiger partial charge in [0.1, 0.15) is 0 Å². The molecule has 0 saturated carbocycles. The molecule has 1 aromatic rings. The predicted octanol–water partition coefficient (Wildman–Crippen LogP) is 2.73. The lowest BCUT2D eigenvalue weighted by Gasteiger charge is -2.24. The highest BCUT2D eigenvalue weighted by Crippen LogP contribution is 2.26. The second-order valence-electron chi connectivity index (χ2n) is 3.67. The summed E-state index contributed by atoms with van der Waals surface area (Å²) in [5.74, 6) is 0.268. The Morgan fingerprint density at radius 2 is 2.20 bits per heavy atom. The van der Waals surface area contributed by atoms with Crippen LogP contribution in [0.4, 0.5) is 0 Å². The number of benzene rings is 1. The molecule has 0 spiro atoms. The Balaban J connectivity index is 2.90. The highest BCUT2D eigenvalue weighted by atomic mass is 79.9. The van der Waals surface area contributed by atoms with Crippen LogP contribution in [-0.2, 0) is 0 Å². The molecule has 0 aliphatic carbocycles. The van der Waals surface area contributed by atoms with E-state index in [0.717, 1.165) is 10.9 Å². The Morgan fingerprint density at radius 1 is 1.47 bits per heavy atom. The number of nitrogens with one attached hydrogen (secondary N) is 1. The highest BCUT2D eigenvalue weighted by Gasteiger charge is 2.19. The van der Waals surface area contributed by atoms with Gasteiger partial charge in [-0.2, -0.15) is 0 Å². The van der Waals surface area contributed by atoms with E-state index < -0.39 is 0 Å². The zero-order chi connectivity index (χ0) is 11.3.